The summed E-state index contributed by atoms with van der Waals surface area (Å²) in [4.78, 5) is 22.1. The first-order valence-corrected chi connectivity index (χ1v) is 8.92. The molecule has 2 amide bonds. The zero-order chi connectivity index (χ0) is 20.1. The molecule has 0 atom stereocenters. The van der Waals surface area contributed by atoms with Crippen LogP contribution >= 0.6 is 15.9 Å². The molecule has 0 saturated carbocycles. The molecule has 1 heterocycles. The lowest BCUT2D eigenvalue weighted by Crippen LogP contribution is -2.24. The van der Waals surface area contributed by atoms with E-state index in [1.165, 1.54) is 18.3 Å². The topological polar surface area (TPSA) is 110 Å². The third kappa shape index (κ3) is 4.83. The van der Waals surface area contributed by atoms with Gasteiger partial charge in [-0.05, 0) is 55.0 Å². The molecular weight excluding hydrogens is 428 g/mol. The van der Waals surface area contributed by atoms with Crippen LogP contribution < -0.4 is 10.7 Å². The van der Waals surface area contributed by atoms with E-state index in [0.29, 0.717) is 22.8 Å². The lowest BCUT2D eigenvalue weighted by molar-refractivity contribution is -0.384. The molecule has 0 spiro atoms. The number of nitro benzene ring substituents is 1. The van der Waals surface area contributed by atoms with Crippen molar-refractivity contribution in [3.8, 4) is 11.3 Å². The number of hydrazone groups is 1. The molecule has 0 unspecified atom stereocenters. The summed E-state index contributed by atoms with van der Waals surface area (Å²) in [5, 5.41) is 17.2. The highest BCUT2D eigenvalue weighted by Gasteiger charge is 2.08. The van der Waals surface area contributed by atoms with Crippen molar-refractivity contribution < 1.29 is 14.1 Å². The summed E-state index contributed by atoms with van der Waals surface area (Å²) in [6.45, 7) is 1.92. The number of benzene rings is 2. The number of nitrogens with one attached hydrogen (secondary N) is 2. The number of amides is 2. The number of non-ortho nitro benzene ring substituents is 1. The molecule has 9 heteroatoms. The monoisotopic (exact) mass is 442 g/mol. The van der Waals surface area contributed by atoms with Crippen molar-refractivity contribution >= 4 is 39.6 Å². The number of nitrogens with zero attached hydrogens (tertiary/aromatic N) is 2. The molecule has 0 fully saturated rings. The van der Waals surface area contributed by atoms with Gasteiger partial charge in [-0.1, -0.05) is 15.9 Å². The van der Waals surface area contributed by atoms with Gasteiger partial charge in [0.15, 0.2) is 0 Å². The molecule has 28 heavy (non-hydrogen) atoms. The molecular formula is C19H15BrN4O4. The lowest BCUT2D eigenvalue weighted by atomic mass is 10.1. The third-order valence-electron chi connectivity index (χ3n) is 3.76. The second-order valence-corrected chi connectivity index (χ2v) is 6.65. The number of hydrogen-bond donors (Lipinski definition) is 2. The van der Waals surface area contributed by atoms with Crippen LogP contribution in [0.2, 0.25) is 0 Å². The van der Waals surface area contributed by atoms with E-state index in [1.807, 2.05) is 19.1 Å². The average molecular weight is 443 g/mol. The predicted octanol–water partition coefficient (Wildman–Crippen LogP) is 5.08. The number of carbonyl (C=O) groups is 1. The average Bonchev–Trinajstić information content (AvgIpc) is 3.14. The smallest absolute Gasteiger partial charge is 0.339 e. The van der Waals surface area contributed by atoms with E-state index in [-0.39, 0.29) is 5.69 Å². The zero-order valence-electron chi connectivity index (χ0n) is 14.7. The normalized spacial score (nSPS) is 10.8. The molecule has 3 aromatic rings. The number of rotatable bonds is 5. The number of hydrogen-bond acceptors (Lipinski definition) is 5. The standard InChI is InChI=1S/C19H15BrN4O4/c1-12-10-14(4-8-17(12)20)22-19(25)23-21-11-16-7-9-18(28-16)13-2-5-15(6-3-13)24(26)27/h2-11H,1H3,(H2,22,23,25)/b21-11-. The van der Waals surface area contributed by atoms with Crippen LogP contribution in [-0.2, 0) is 0 Å². The fraction of sp³-hybridized carbons (Fsp3) is 0.0526. The molecule has 3 rings (SSSR count). The van der Waals surface area contributed by atoms with E-state index in [4.69, 9.17) is 4.42 Å². The maximum Gasteiger partial charge on any atom is 0.339 e. The summed E-state index contributed by atoms with van der Waals surface area (Å²) in [6.07, 6.45) is 1.36. The fourth-order valence-corrected chi connectivity index (χ4v) is 2.61. The number of halogens is 1. The Kier molecular flexibility index (Phi) is 5.85. The Labute approximate surface area is 168 Å². The summed E-state index contributed by atoms with van der Waals surface area (Å²) in [7, 11) is 0. The van der Waals surface area contributed by atoms with Crippen molar-refractivity contribution in [1.82, 2.24) is 5.43 Å². The number of furan rings is 1. The van der Waals surface area contributed by atoms with Gasteiger partial charge in [0, 0.05) is 27.9 Å². The van der Waals surface area contributed by atoms with Gasteiger partial charge in [-0.25, -0.2) is 10.2 Å². The summed E-state index contributed by atoms with van der Waals surface area (Å²) < 4.78 is 6.56. The van der Waals surface area contributed by atoms with Crippen LogP contribution in [0.4, 0.5) is 16.2 Å². The summed E-state index contributed by atoms with van der Waals surface area (Å²) >= 11 is 3.40. The minimum Gasteiger partial charge on any atom is -0.455 e. The van der Waals surface area contributed by atoms with Crippen LogP contribution in [0.25, 0.3) is 11.3 Å². The van der Waals surface area contributed by atoms with Gasteiger partial charge in [-0.15, -0.1) is 0 Å². The summed E-state index contributed by atoms with van der Waals surface area (Å²) in [5.74, 6) is 0.958. The second kappa shape index (κ2) is 8.49. The summed E-state index contributed by atoms with van der Waals surface area (Å²) in [6, 6.07) is 14.4. The number of carbonyl (C=O) groups excluding carboxylic acids is 1. The minimum absolute atomic E-state index is 0.00766. The van der Waals surface area contributed by atoms with Gasteiger partial charge in [-0.2, -0.15) is 5.10 Å². The quantitative estimate of drug-likeness (QED) is 0.326. The Morgan fingerprint density at radius 2 is 1.93 bits per heavy atom. The van der Waals surface area contributed by atoms with Crippen molar-refractivity contribution in [2.75, 3.05) is 5.32 Å². The van der Waals surface area contributed by atoms with E-state index in [2.05, 4.69) is 31.8 Å². The Morgan fingerprint density at radius 1 is 1.18 bits per heavy atom. The van der Waals surface area contributed by atoms with Gasteiger partial charge in [0.2, 0.25) is 0 Å². The molecule has 8 nitrogen and oxygen atoms in total. The summed E-state index contributed by atoms with van der Waals surface area (Å²) in [5.41, 5.74) is 4.70. The molecule has 1 aromatic heterocycles. The maximum absolute atomic E-state index is 11.9. The van der Waals surface area contributed by atoms with E-state index in [0.717, 1.165) is 10.0 Å². The van der Waals surface area contributed by atoms with Crippen molar-refractivity contribution in [3.63, 3.8) is 0 Å². The van der Waals surface area contributed by atoms with Crippen LogP contribution in [0.1, 0.15) is 11.3 Å². The Morgan fingerprint density at radius 3 is 2.61 bits per heavy atom. The number of aryl methyl sites for hydroxylation is 1. The van der Waals surface area contributed by atoms with E-state index in [9.17, 15) is 14.9 Å². The van der Waals surface area contributed by atoms with E-state index < -0.39 is 11.0 Å². The Hall–Kier alpha value is -3.46. The molecule has 0 saturated heterocycles. The van der Waals surface area contributed by atoms with Crippen LogP contribution in [0.15, 0.2) is 68.6 Å². The number of nitro groups is 1. The largest absolute Gasteiger partial charge is 0.455 e. The molecule has 2 aromatic carbocycles. The van der Waals surface area contributed by atoms with Crippen LogP contribution in [0.3, 0.4) is 0 Å². The highest BCUT2D eigenvalue weighted by atomic mass is 79.9. The molecule has 0 aliphatic heterocycles. The molecule has 0 aliphatic carbocycles. The van der Waals surface area contributed by atoms with Gasteiger partial charge >= 0.3 is 6.03 Å². The van der Waals surface area contributed by atoms with Gasteiger partial charge in [0.1, 0.15) is 11.5 Å². The number of urea groups is 1. The SMILES string of the molecule is Cc1cc(NC(=O)N/N=C\c2ccc(-c3ccc([N+](=O)[O-])cc3)o2)ccc1Br. The minimum atomic E-state index is -0.486. The van der Waals surface area contributed by atoms with Gasteiger partial charge in [0.05, 0.1) is 11.1 Å². The van der Waals surface area contributed by atoms with Gasteiger partial charge in [-0.3, -0.25) is 10.1 Å². The lowest BCUT2D eigenvalue weighted by Gasteiger charge is -2.05. The highest BCUT2D eigenvalue weighted by Crippen LogP contribution is 2.24. The fourth-order valence-electron chi connectivity index (χ4n) is 2.36. The van der Waals surface area contributed by atoms with Crippen molar-refractivity contribution in [2.24, 2.45) is 5.10 Å². The second-order valence-electron chi connectivity index (χ2n) is 5.79. The highest BCUT2D eigenvalue weighted by molar-refractivity contribution is 9.10. The molecule has 0 radical (unpaired) electrons. The van der Waals surface area contributed by atoms with Crippen molar-refractivity contribution in [1.29, 1.82) is 0 Å². The number of anilines is 1. The van der Waals surface area contributed by atoms with Gasteiger partial charge < -0.3 is 9.73 Å². The van der Waals surface area contributed by atoms with Crippen molar-refractivity contribution in [3.05, 3.63) is 80.5 Å². The van der Waals surface area contributed by atoms with Gasteiger partial charge in [0.25, 0.3) is 5.69 Å². The zero-order valence-corrected chi connectivity index (χ0v) is 16.3. The first-order chi connectivity index (χ1) is 13.4. The first-order valence-electron chi connectivity index (χ1n) is 8.13. The first kappa shape index (κ1) is 19.3. The molecule has 0 aliphatic rings. The third-order valence-corrected chi connectivity index (χ3v) is 4.65. The molecule has 2 N–H and O–H groups in total. The molecule has 0 bridgehead atoms. The Bertz CT molecular complexity index is 1040. The van der Waals surface area contributed by atoms with Crippen LogP contribution in [0, 0.1) is 17.0 Å². The van der Waals surface area contributed by atoms with Crippen LogP contribution in [-0.4, -0.2) is 17.2 Å². The van der Waals surface area contributed by atoms with Crippen molar-refractivity contribution in [2.45, 2.75) is 6.92 Å². The Balaban J connectivity index is 1.58. The molecule has 142 valence electrons. The van der Waals surface area contributed by atoms with E-state index >= 15 is 0 Å². The van der Waals surface area contributed by atoms with Crippen LogP contribution in [0.5, 0.6) is 0 Å². The van der Waals surface area contributed by atoms with E-state index in [1.54, 1.807) is 30.3 Å². The predicted molar refractivity (Wildman–Crippen MR) is 109 cm³/mol. The maximum atomic E-state index is 11.9.